The molecule has 0 fully saturated rings. The Hall–Kier alpha value is -1.27. The van der Waals surface area contributed by atoms with Crippen LogP contribution in [0.4, 0.5) is 0 Å². The van der Waals surface area contributed by atoms with Gasteiger partial charge in [0.25, 0.3) is 0 Å². The number of hydrogen-bond acceptors (Lipinski definition) is 0. The normalized spacial score (nSPS) is 19.4. The van der Waals surface area contributed by atoms with Crippen molar-refractivity contribution in [1.29, 1.82) is 0 Å². The van der Waals surface area contributed by atoms with Crippen molar-refractivity contribution >= 4 is 11.6 Å². The smallest absolute Gasteiger partial charge is 0.0656 e. The maximum atomic E-state index is 6.87. The lowest BCUT2D eigenvalue weighted by Crippen LogP contribution is -2.14. The van der Waals surface area contributed by atoms with Crippen LogP contribution in [0.25, 0.3) is 0 Å². The average molecular weight is 285 g/mol. The summed E-state index contributed by atoms with van der Waals surface area (Å²) >= 11 is 6.87. The maximum absolute atomic E-state index is 6.87. The van der Waals surface area contributed by atoms with Crippen molar-refractivity contribution in [3.05, 3.63) is 70.3 Å². The second kappa shape index (κ2) is 5.61. The molecule has 0 radical (unpaired) electrons. The number of fused-ring (bicyclic) bond motifs is 1. The molecule has 3 rings (SSSR count). The van der Waals surface area contributed by atoms with Crippen LogP contribution in [0, 0.1) is 13.8 Å². The third-order valence-corrected chi connectivity index (χ3v) is 5.03. The van der Waals surface area contributed by atoms with E-state index in [0.717, 1.165) is 0 Å². The third kappa shape index (κ3) is 2.50. The fraction of sp³-hybridized carbons (Fsp3) is 0.368. The minimum Gasteiger partial charge on any atom is -0.117 e. The van der Waals surface area contributed by atoms with Gasteiger partial charge in [0.1, 0.15) is 0 Å². The van der Waals surface area contributed by atoms with E-state index in [-0.39, 0.29) is 5.38 Å². The van der Waals surface area contributed by atoms with Gasteiger partial charge in [-0.1, -0.05) is 48.0 Å². The monoisotopic (exact) mass is 284 g/mol. The standard InChI is InChI=1S/C19H21Cl/c1-13-10-11-16(14(2)12-13)19(20)18-9-5-7-15-6-3-4-8-17(15)18/h3-4,6,8,10-12,18-19H,5,7,9H2,1-2H3. The molecule has 0 amide bonds. The number of rotatable bonds is 2. The Morgan fingerprint density at radius 1 is 1.10 bits per heavy atom. The van der Waals surface area contributed by atoms with Crippen LogP contribution >= 0.6 is 11.6 Å². The molecule has 2 unspecified atom stereocenters. The first-order valence-corrected chi connectivity index (χ1v) is 7.89. The van der Waals surface area contributed by atoms with E-state index in [1.54, 1.807) is 0 Å². The van der Waals surface area contributed by atoms with Crippen molar-refractivity contribution in [1.82, 2.24) is 0 Å². The van der Waals surface area contributed by atoms with Gasteiger partial charge in [-0.2, -0.15) is 0 Å². The first-order chi connectivity index (χ1) is 9.66. The Morgan fingerprint density at radius 3 is 2.70 bits per heavy atom. The van der Waals surface area contributed by atoms with E-state index in [2.05, 4.69) is 56.3 Å². The van der Waals surface area contributed by atoms with Crippen LogP contribution in [-0.4, -0.2) is 0 Å². The zero-order chi connectivity index (χ0) is 14.1. The first kappa shape index (κ1) is 13.7. The van der Waals surface area contributed by atoms with Gasteiger partial charge in [0.15, 0.2) is 0 Å². The Kier molecular flexibility index (Phi) is 3.85. The first-order valence-electron chi connectivity index (χ1n) is 7.46. The Labute approximate surface area is 126 Å². The second-order valence-corrected chi connectivity index (χ2v) is 6.43. The van der Waals surface area contributed by atoms with Crippen molar-refractivity contribution in [2.24, 2.45) is 0 Å². The summed E-state index contributed by atoms with van der Waals surface area (Å²) in [7, 11) is 0. The number of halogens is 1. The summed E-state index contributed by atoms with van der Waals surface area (Å²) in [6.45, 7) is 4.31. The minimum absolute atomic E-state index is 0.0806. The van der Waals surface area contributed by atoms with E-state index < -0.39 is 0 Å². The molecule has 0 aromatic heterocycles. The minimum atomic E-state index is 0.0806. The van der Waals surface area contributed by atoms with Crippen molar-refractivity contribution in [2.75, 3.05) is 0 Å². The molecule has 0 aliphatic heterocycles. The van der Waals surface area contributed by atoms with E-state index in [9.17, 15) is 0 Å². The molecule has 2 atom stereocenters. The molecule has 20 heavy (non-hydrogen) atoms. The van der Waals surface area contributed by atoms with Gasteiger partial charge in [0, 0.05) is 5.92 Å². The third-order valence-electron chi connectivity index (χ3n) is 4.49. The maximum Gasteiger partial charge on any atom is 0.0656 e. The van der Waals surface area contributed by atoms with Gasteiger partial charge in [0.05, 0.1) is 5.38 Å². The lowest BCUT2D eigenvalue weighted by Gasteiger charge is -2.30. The Bertz CT molecular complexity index is 615. The summed E-state index contributed by atoms with van der Waals surface area (Å²) in [5.74, 6) is 0.447. The van der Waals surface area contributed by atoms with Crippen LogP contribution in [0.3, 0.4) is 0 Å². The highest BCUT2D eigenvalue weighted by atomic mass is 35.5. The SMILES string of the molecule is Cc1ccc(C(Cl)C2CCCc3ccccc32)c(C)c1. The number of hydrogen-bond donors (Lipinski definition) is 0. The van der Waals surface area contributed by atoms with Crippen molar-refractivity contribution in [2.45, 2.75) is 44.4 Å². The highest BCUT2D eigenvalue weighted by Gasteiger charge is 2.28. The summed E-state index contributed by atoms with van der Waals surface area (Å²) in [6.07, 6.45) is 3.64. The lowest BCUT2D eigenvalue weighted by molar-refractivity contribution is 0.538. The molecule has 0 saturated heterocycles. The molecule has 2 aromatic carbocycles. The predicted molar refractivity (Wildman–Crippen MR) is 86.6 cm³/mol. The van der Waals surface area contributed by atoms with Gasteiger partial charge < -0.3 is 0 Å². The van der Waals surface area contributed by atoms with Gasteiger partial charge in [-0.3, -0.25) is 0 Å². The zero-order valence-corrected chi connectivity index (χ0v) is 13.0. The van der Waals surface area contributed by atoms with Crippen LogP contribution in [0.2, 0.25) is 0 Å². The van der Waals surface area contributed by atoms with Gasteiger partial charge in [0.2, 0.25) is 0 Å². The molecule has 1 aliphatic rings. The number of benzene rings is 2. The molecule has 1 aliphatic carbocycles. The summed E-state index contributed by atoms with van der Waals surface area (Å²) in [5.41, 5.74) is 6.85. The zero-order valence-electron chi connectivity index (χ0n) is 12.2. The van der Waals surface area contributed by atoms with Crippen molar-refractivity contribution in [3.8, 4) is 0 Å². The van der Waals surface area contributed by atoms with Gasteiger partial charge in [-0.15, -0.1) is 11.6 Å². The molecular formula is C19H21Cl. The van der Waals surface area contributed by atoms with Crippen LogP contribution < -0.4 is 0 Å². The molecular weight excluding hydrogens is 264 g/mol. The topological polar surface area (TPSA) is 0 Å². The van der Waals surface area contributed by atoms with Crippen LogP contribution in [0.5, 0.6) is 0 Å². The molecule has 0 N–H and O–H groups in total. The molecule has 2 aromatic rings. The molecule has 104 valence electrons. The van der Waals surface area contributed by atoms with Gasteiger partial charge >= 0.3 is 0 Å². The van der Waals surface area contributed by atoms with E-state index in [1.807, 2.05) is 0 Å². The highest BCUT2D eigenvalue weighted by Crippen LogP contribution is 2.44. The Balaban J connectivity index is 1.97. The summed E-state index contributed by atoms with van der Waals surface area (Å²) in [4.78, 5) is 0. The van der Waals surface area contributed by atoms with Gasteiger partial charge in [-0.25, -0.2) is 0 Å². The van der Waals surface area contributed by atoms with Gasteiger partial charge in [-0.05, 0) is 55.4 Å². The summed E-state index contributed by atoms with van der Waals surface area (Å²) in [6, 6.07) is 15.4. The van der Waals surface area contributed by atoms with Crippen LogP contribution in [0.1, 0.15) is 52.0 Å². The van der Waals surface area contributed by atoms with Crippen LogP contribution in [0.15, 0.2) is 42.5 Å². The Morgan fingerprint density at radius 2 is 1.90 bits per heavy atom. The number of alkyl halides is 1. The van der Waals surface area contributed by atoms with E-state index in [0.29, 0.717) is 5.92 Å². The van der Waals surface area contributed by atoms with Crippen LogP contribution in [-0.2, 0) is 6.42 Å². The van der Waals surface area contributed by atoms with E-state index in [4.69, 9.17) is 11.6 Å². The highest BCUT2D eigenvalue weighted by molar-refractivity contribution is 6.21. The quantitative estimate of drug-likeness (QED) is 0.620. The van der Waals surface area contributed by atoms with E-state index >= 15 is 0 Å². The van der Waals surface area contributed by atoms with E-state index in [1.165, 1.54) is 47.1 Å². The lowest BCUT2D eigenvalue weighted by atomic mass is 9.78. The van der Waals surface area contributed by atoms with Crippen molar-refractivity contribution < 1.29 is 0 Å². The molecule has 0 bridgehead atoms. The fourth-order valence-electron chi connectivity index (χ4n) is 3.45. The fourth-order valence-corrected chi connectivity index (χ4v) is 3.95. The molecule has 0 spiro atoms. The largest absolute Gasteiger partial charge is 0.117 e. The second-order valence-electron chi connectivity index (χ2n) is 5.96. The predicted octanol–water partition coefficient (Wildman–Crippen LogP) is 5.70. The molecule has 0 heterocycles. The summed E-state index contributed by atoms with van der Waals surface area (Å²) in [5, 5.41) is 0.0806. The molecule has 0 saturated carbocycles. The molecule has 1 heteroatoms. The number of aryl methyl sites for hydroxylation is 3. The van der Waals surface area contributed by atoms with Crippen molar-refractivity contribution in [3.63, 3.8) is 0 Å². The summed E-state index contributed by atoms with van der Waals surface area (Å²) < 4.78 is 0. The average Bonchev–Trinajstić information content (AvgIpc) is 2.46. The molecule has 0 nitrogen and oxygen atoms in total.